The average Bonchev–Trinajstić information content (AvgIpc) is 3.72. The monoisotopic (exact) mass is 664 g/mol. The van der Waals surface area contributed by atoms with Gasteiger partial charge in [0.05, 0.1) is 0 Å². The van der Waals surface area contributed by atoms with E-state index in [1.807, 2.05) is 91.0 Å². The number of hydrogen-bond donors (Lipinski definition) is 0. The molecule has 0 spiro atoms. The van der Waals surface area contributed by atoms with E-state index in [1.165, 1.54) is 6.07 Å². The summed E-state index contributed by atoms with van der Waals surface area (Å²) in [7, 11) is 0. The number of halogens is 4. The zero-order valence-corrected chi connectivity index (χ0v) is 25.2. The first-order valence-corrected chi connectivity index (χ1v) is 15.3. The molecule has 2 aromatic heterocycles. The highest BCUT2D eigenvalue weighted by atomic mass is 79.9. The van der Waals surface area contributed by atoms with Crippen LogP contribution in [0.3, 0.4) is 0 Å². The van der Waals surface area contributed by atoms with E-state index in [9.17, 15) is 13.2 Å². The van der Waals surface area contributed by atoms with E-state index in [2.05, 4.69) is 26.2 Å². The zero-order valence-electron chi connectivity index (χ0n) is 23.6. The molecule has 0 aliphatic carbocycles. The number of hydrogen-bond acceptors (Lipinski definition) is 4. The van der Waals surface area contributed by atoms with E-state index in [0.717, 1.165) is 16.7 Å². The Morgan fingerprint density at radius 1 is 0.644 bits per heavy atom. The van der Waals surface area contributed by atoms with Gasteiger partial charge in [-0.1, -0.05) is 143 Å². The quantitative estimate of drug-likeness (QED) is 0.126. The minimum atomic E-state index is -4.68. The Labute approximate surface area is 265 Å². The summed E-state index contributed by atoms with van der Waals surface area (Å²) in [4.78, 5) is 1.59. The standard InChI is InChI=1S/C36H24BrF3N4O/c37-23-24-20-21-29-31(22-24)33(36(38,39)40)45-32(29)28-18-10-11-19-30(28)34-41-43-44(42-34)35(25-12-4-1-5-13-25,26-14-6-2-7-15-26)27-16-8-3-9-17-27/h1-22H,23H2. The third-order valence-corrected chi connectivity index (χ3v) is 8.54. The summed E-state index contributed by atoms with van der Waals surface area (Å²) < 4.78 is 48.2. The molecule has 5 aromatic carbocycles. The summed E-state index contributed by atoms with van der Waals surface area (Å²) in [6.45, 7) is 0. The molecule has 0 amide bonds. The first-order valence-electron chi connectivity index (χ1n) is 14.2. The van der Waals surface area contributed by atoms with Crippen LogP contribution in [0.2, 0.25) is 0 Å². The van der Waals surface area contributed by atoms with Crippen molar-refractivity contribution in [2.45, 2.75) is 17.0 Å². The van der Waals surface area contributed by atoms with Crippen LogP contribution in [0.25, 0.3) is 33.5 Å². The van der Waals surface area contributed by atoms with Crippen LogP contribution in [0.4, 0.5) is 13.2 Å². The van der Waals surface area contributed by atoms with Crippen LogP contribution in [0, 0.1) is 0 Å². The van der Waals surface area contributed by atoms with Crippen LogP contribution >= 0.6 is 15.9 Å². The van der Waals surface area contributed by atoms with E-state index < -0.39 is 17.5 Å². The van der Waals surface area contributed by atoms with Crippen LogP contribution in [0.15, 0.2) is 138 Å². The van der Waals surface area contributed by atoms with Gasteiger partial charge in [-0.25, -0.2) is 0 Å². The van der Waals surface area contributed by atoms with Crippen molar-refractivity contribution >= 4 is 26.7 Å². The van der Waals surface area contributed by atoms with Gasteiger partial charge >= 0.3 is 6.18 Å². The first kappa shape index (κ1) is 28.7. The fourth-order valence-electron chi connectivity index (χ4n) is 5.91. The Balaban J connectivity index is 1.46. The third-order valence-electron chi connectivity index (χ3n) is 7.89. The molecule has 0 N–H and O–H groups in total. The van der Waals surface area contributed by atoms with Crippen LogP contribution < -0.4 is 0 Å². The van der Waals surface area contributed by atoms with Gasteiger partial charge in [0.25, 0.3) is 0 Å². The largest absolute Gasteiger partial charge is 0.450 e. The molecule has 222 valence electrons. The molecule has 45 heavy (non-hydrogen) atoms. The molecule has 5 nitrogen and oxygen atoms in total. The van der Waals surface area contributed by atoms with Gasteiger partial charge in [-0.3, -0.25) is 0 Å². The Morgan fingerprint density at radius 2 is 1.18 bits per heavy atom. The van der Waals surface area contributed by atoms with Crippen LogP contribution in [0.5, 0.6) is 0 Å². The summed E-state index contributed by atoms with van der Waals surface area (Å²) in [6.07, 6.45) is -4.68. The molecule has 0 saturated heterocycles. The van der Waals surface area contributed by atoms with Crippen molar-refractivity contribution in [2.24, 2.45) is 0 Å². The molecule has 0 aliphatic heterocycles. The molecular formula is C36H24BrF3N4O. The smallest absolute Gasteiger partial charge is 0.450 e. The number of rotatable bonds is 7. The third kappa shape index (κ3) is 4.93. The fraction of sp³-hybridized carbons (Fsp3) is 0.0833. The number of nitrogens with zero attached hydrogens (tertiary/aromatic N) is 4. The van der Waals surface area contributed by atoms with Crippen molar-refractivity contribution in [1.82, 2.24) is 20.2 Å². The highest BCUT2D eigenvalue weighted by Gasteiger charge is 2.42. The zero-order chi connectivity index (χ0) is 31.0. The molecule has 0 aliphatic rings. The molecule has 7 rings (SSSR count). The highest BCUT2D eigenvalue weighted by molar-refractivity contribution is 9.08. The minimum absolute atomic E-state index is 0.00267. The molecule has 0 unspecified atom stereocenters. The summed E-state index contributed by atoms with van der Waals surface area (Å²) in [5, 5.41) is 14.8. The van der Waals surface area contributed by atoms with E-state index in [4.69, 9.17) is 9.52 Å². The summed E-state index contributed by atoms with van der Waals surface area (Å²) in [5.74, 6) is -0.711. The average molecular weight is 666 g/mol. The highest BCUT2D eigenvalue weighted by Crippen LogP contribution is 2.45. The van der Waals surface area contributed by atoms with Gasteiger partial charge in [0.1, 0.15) is 5.76 Å². The van der Waals surface area contributed by atoms with E-state index in [1.54, 1.807) is 41.2 Å². The number of benzene rings is 5. The van der Waals surface area contributed by atoms with Crippen molar-refractivity contribution in [2.75, 3.05) is 0 Å². The molecule has 2 heterocycles. The lowest BCUT2D eigenvalue weighted by Gasteiger charge is -2.34. The van der Waals surface area contributed by atoms with E-state index in [-0.39, 0.29) is 17.0 Å². The van der Waals surface area contributed by atoms with E-state index in [0.29, 0.717) is 27.4 Å². The number of aromatic nitrogens is 4. The van der Waals surface area contributed by atoms with Crippen LogP contribution in [-0.2, 0) is 17.0 Å². The Kier molecular flexibility index (Phi) is 7.33. The molecule has 0 saturated carbocycles. The summed E-state index contributed by atoms with van der Waals surface area (Å²) >= 11 is 3.34. The number of alkyl halides is 4. The molecule has 0 fully saturated rings. The molecule has 9 heteroatoms. The lowest BCUT2D eigenvalue weighted by atomic mass is 9.77. The minimum Gasteiger partial charge on any atom is -0.450 e. The number of fused-ring (bicyclic) bond motifs is 1. The van der Waals surface area contributed by atoms with Crippen molar-refractivity contribution in [1.29, 1.82) is 0 Å². The van der Waals surface area contributed by atoms with Crippen molar-refractivity contribution in [3.05, 3.63) is 161 Å². The van der Waals surface area contributed by atoms with Crippen LogP contribution in [-0.4, -0.2) is 20.2 Å². The van der Waals surface area contributed by atoms with Crippen molar-refractivity contribution in [3.8, 4) is 22.7 Å². The molecule has 0 radical (unpaired) electrons. The van der Waals surface area contributed by atoms with Gasteiger partial charge in [-0.15, -0.1) is 15.0 Å². The van der Waals surface area contributed by atoms with E-state index >= 15 is 0 Å². The number of furan rings is 1. The normalized spacial score (nSPS) is 12.1. The SMILES string of the molecule is FC(F)(F)c1oc(-c2ccccc2-c2nnn(C(c3ccccc3)(c3ccccc3)c3ccccc3)n2)c2ccc(CBr)cc12. The summed E-state index contributed by atoms with van der Waals surface area (Å²) in [6, 6.07) is 41.7. The van der Waals surface area contributed by atoms with Gasteiger partial charge in [0, 0.05) is 27.2 Å². The Hall–Kier alpha value is -5.02. The maximum Gasteiger partial charge on any atom is 0.450 e. The van der Waals surface area contributed by atoms with Gasteiger partial charge in [0.15, 0.2) is 5.54 Å². The topological polar surface area (TPSA) is 56.7 Å². The van der Waals surface area contributed by atoms with Gasteiger partial charge in [-0.2, -0.15) is 13.2 Å². The van der Waals surface area contributed by atoms with Gasteiger partial charge < -0.3 is 4.42 Å². The molecule has 0 atom stereocenters. The Bertz CT molecular complexity index is 2000. The second kappa shape index (κ2) is 11.5. The van der Waals surface area contributed by atoms with Gasteiger partial charge in [-0.05, 0) is 33.5 Å². The Morgan fingerprint density at radius 3 is 1.71 bits per heavy atom. The second-order valence-electron chi connectivity index (χ2n) is 10.5. The summed E-state index contributed by atoms with van der Waals surface area (Å²) in [5.41, 5.74) is 3.35. The maximum absolute atomic E-state index is 14.2. The van der Waals surface area contributed by atoms with Gasteiger partial charge in [0.2, 0.25) is 11.6 Å². The predicted molar refractivity (Wildman–Crippen MR) is 171 cm³/mol. The van der Waals surface area contributed by atoms with Crippen LogP contribution in [0.1, 0.15) is 28.0 Å². The number of tetrazole rings is 1. The molecule has 7 aromatic rings. The second-order valence-corrected chi connectivity index (χ2v) is 11.1. The van der Waals surface area contributed by atoms with Crippen molar-refractivity contribution < 1.29 is 17.6 Å². The lowest BCUT2D eigenvalue weighted by molar-refractivity contribution is -0.151. The van der Waals surface area contributed by atoms with Crippen molar-refractivity contribution in [3.63, 3.8) is 0 Å². The predicted octanol–water partition coefficient (Wildman–Crippen LogP) is 9.51. The molecular weight excluding hydrogens is 641 g/mol. The first-order chi connectivity index (χ1) is 21.9. The maximum atomic E-state index is 14.2. The molecule has 0 bridgehead atoms. The lowest BCUT2D eigenvalue weighted by Crippen LogP contribution is -2.39. The fourth-order valence-corrected chi connectivity index (χ4v) is 6.26.